The molecule has 3 aliphatic rings. The molecule has 1 saturated heterocycles. The van der Waals surface area contributed by atoms with E-state index in [9.17, 15) is 0 Å². The van der Waals surface area contributed by atoms with Crippen molar-refractivity contribution >= 4 is 12.2 Å². The van der Waals surface area contributed by atoms with Gasteiger partial charge in [-0.1, -0.05) is 0 Å². The predicted molar refractivity (Wildman–Crippen MR) is 110 cm³/mol. The summed E-state index contributed by atoms with van der Waals surface area (Å²) in [6, 6.07) is 8.17. The van der Waals surface area contributed by atoms with Gasteiger partial charge in [0.2, 0.25) is 0 Å². The van der Waals surface area contributed by atoms with Crippen LogP contribution < -0.4 is 43.8 Å². The van der Waals surface area contributed by atoms with Crippen LogP contribution in [0, 0.1) is 0 Å². The standard InChI is InChI=1S/C24H24O4.2ClH.Hf/c1-25-21-7-8-22(26-2)18-12-15(11-17(18)21)5-6-16-13-19-20(14-16)24(28-4)10-9-23(19)27-3;;;/h7-14H,5-6H2,1-4H3;2*1H;/q;;;+2/p-2. The topological polar surface area (TPSA) is 36.9 Å². The van der Waals surface area contributed by atoms with Gasteiger partial charge < -0.3 is 24.8 Å². The van der Waals surface area contributed by atoms with E-state index in [1.54, 1.807) is 39.6 Å². The summed E-state index contributed by atoms with van der Waals surface area (Å²) in [4.78, 5) is 0. The molecule has 0 aromatic heterocycles. The average Bonchev–Trinajstić information content (AvgIpc) is 3.25. The summed E-state index contributed by atoms with van der Waals surface area (Å²) in [6.45, 7) is 0. The van der Waals surface area contributed by atoms with E-state index in [-0.39, 0.29) is 24.8 Å². The van der Waals surface area contributed by atoms with E-state index in [1.165, 1.54) is 22.3 Å². The maximum Gasteiger partial charge on any atom is -1.00 e. The molecule has 1 fully saturated rings. The van der Waals surface area contributed by atoms with Gasteiger partial charge in [-0.25, -0.2) is 0 Å². The molecule has 0 amide bonds. The van der Waals surface area contributed by atoms with Crippen LogP contribution in [0.25, 0.3) is 12.2 Å². The van der Waals surface area contributed by atoms with Crippen molar-refractivity contribution in [2.24, 2.45) is 0 Å². The summed E-state index contributed by atoms with van der Waals surface area (Å²) in [5.41, 5.74) is 8.27. The zero-order valence-corrected chi connectivity index (χ0v) is 23.0. The van der Waals surface area contributed by atoms with Gasteiger partial charge in [-0.15, -0.1) is 0 Å². The first-order valence-electron chi connectivity index (χ1n) is 9.86. The van der Waals surface area contributed by atoms with Crippen molar-refractivity contribution < 1.29 is 66.7 Å². The molecule has 4 nitrogen and oxygen atoms in total. The molecule has 162 valence electrons. The summed E-state index contributed by atoms with van der Waals surface area (Å²) >= 11 is -1.24. The summed E-state index contributed by atoms with van der Waals surface area (Å²) in [5.74, 6) is 3.89. The number of ether oxygens (including phenoxy) is 4. The molecule has 0 bridgehead atoms. The predicted octanol–water partition coefficient (Wildman–Crippen LogP) is -0.818. The van der Waals surface area contributed by atoms with Gasteiger partial charge in [-0.05, 0) is 0 Å². The van der Waals surface area contributed by atoms with Crippen LogP contribution in [0.4, 0.5) is 0 Å². The molecule has 2 aromatic rings. The summed E-state index contributed by atoms with van der Waals surface area (Å²) in [6.07, 6.45) is 6.94. The molecule has 2 aliphatic carbocycles. The Morgan fingerprint density at radius 2 is 0.968 bits per heavy atom. The molecular weight excluding hydrogens is 602 g/mol. The Hall–Kier alpha value is -1.43. The van der Waals surface area contributed by atoms with E-state index in [0.717, 1.165) is 35.8 Å². The zero-order chi connectivity index (χ0) is 20.1. The second-order valence-corrected chi connectivity index (χ2v) is 12.9. The smallest absolute Gasteiger partial charge is 1.00 e. The van der Waals surface area contributed by atoms with Crippen molar-refractivity contribution in [3.8, 4) is 23.0 Å². The minimum absolute atomic E-state index is 0. The first-order chi connectivity index (χ1) is 14.2. The molecule has 7 heteroatoms. The molecule has 0 spiro atoms. The molecule has 2 aromatic carbocycles. The van der Waals surface area contributed by atoms with Crippen molar-refractivity contribution in [1.29, 1.82) is 0 Å². The summed E-state index contributed by atoms with van der Waals surface area (Å²) < 4.78 is 24.0. The van der Waals surface area contributed by atoms with Gasteiger partial charge >= 0.3 is 183 Å². The van der Waals surface area contributed by atoms with Crippen LogP contribution in [-0.2, 0) is 22.9 Å². The number of halogens is 2. The van der Waals surface area contributed by atoms with Crippen molar-refractivity contribution in [3.63, 3.8) is 0 Å². The Labute approximate surface area is 207 Å². The van der Waals surface area contributed by atoms with Gasteiger partial charge in [0.15, 0.2) is 0 Å². The van der Waals surface area contributed by atoms with Crippen LogP contribution in [0.5, 0.6) is 23.0 Å². The molecule has 2 unspecified atom stereocenters. The molecule has 31 heavy (non-hydrogen) atoms. The Bertz CT molecular complexity index is 981. The SMILES string of the molecule is COc1ccc(OC)c2c1C=C1CCC3=Cc4c(OC)ccc(OC)c4[CH]3[Hf+2][CH]12.[Cl-].[Cl-]. The normalized spacial score (nSPS) is 19.2. The van der Waals surface area contributed by atoms with E-state index in [1.807, 2.05) is 12.1 Å². The summed E-state index contributed by atoms with van der Waals surface area (Å²) in [7, 11) is 7.05. The second kappa shape index (κ2) is 9.60. The molecular formula is C24H24Cl2HfO4. The monoisotopic (exact) mass is 626 g/mol. The third-order valence-corrected chi connectivity index (χ3v) is 13.4. The maximum absolute atomic E-state index is 5.79. The molecule has 5 rings (SSSR count). The van der Waals surface area contributed by atoms with E-state index in [0.29, 0.717) is 7.35 Å². The first-order valence-corrected chi connectivity index (χ1v) is 14.0. The van der Waals surface area contributed by atoms with Crippen molar-refractivity contribution in [2.75, 3.05) is 28.4 Å². The largest absolute Gasteiger partial charge is 1.00 e. The van der Waals surface area contributed by atoms with Crippen molar-refractivity contribution in [2.45, 2.75) is 20.2 Å². The third-order valence-electron chi connectivity index (χ3n) is 6.31. The average molecular weight is 626 g/mol. The number of rotatable bonds is 4. The Morgan fingerprint density at radius 3 is 1.32 bits per heavy atom. The van der Waals surface area contributed by atoms with Gasteiger partial charge in [0.25, 0.3) is 0 Å². The van der Waals surface area contributed by atoms with Crippen molar-refractivity contribution in [1.82, 2.24) is 0 Å². The number of hydrogen-bond acceptors (Lipinski definition) is 4. The fourth-order valence-corrected chi connectivity index (χ4v) is 12.7. The van der Waals surface area contributed by atoms with E-state index < -0.39 is 22.9 Å². The maximum atomic E-state index is 5.79. The van der Waals surface area contributed by atoms with E-state index in [2.05, 4.69) is 24.3 Å². The van der Waals surface area contributed by atoms with Crippen LogP contribution in [0.2, 0.25) is 0 Å². The molecule has 1 aliphatic heterocycles. The number of fused-ring (bicyclic) bond motifs is 6. The number of allylic oxidation sites excluding steroid dienone is 2. The number of hydrogen-bond donors (Lipinski definition) is 0. The molecule has 2 atom stereocenters. The molecule has 0 saturated carbocycles. The van der Waals surface area contributed by atoms with Gasteiger partial charge in [0.1, 0.15) is 0 Å². The van der Waals surface area contributed by atoms with E-state index in [4.69, 9.17) is 18.9 Å². The first kappa shape index (κ1) is 24.2. The fourth-order valence-electron chi connectivity index (χ4n) is 4.98. The van der Waals surface area contributed by atoms with Crippen LogP contribution in [0.15, 0.2) is 35.4 Å². The Morgan fingerprint density at radius 1 is 0.613 bits per heavy atom. The van der Waals surface area contributed by atoms with Gasteiger partial charge in [-0.2, -0.15) is 0 Å². The van der Waals surface area contributed by atoms with Crippen LogP contribution >= 0.6 is 0 Å². The van der Waals surface area contributed by atoms with Crippen LogP contribution in [0.3, 0.4) is 0 Å². The second-order valence-electron chi connectivity index (χ2n) is 7.57. The Balaban J connectivity index is 0.00000136. The van der Waals surface area contributed by atoms with Gasteiger partial charge in [0.05, 0.1) is 0 Å². The molecule has 1 heterocycles. The quantitative estimate of drug-likeness (QED) is 0.417. The third kappa shape index (κ3) is 3.73. The van der Waals surface area contributed by atoms with Gasteiger partial charge in [-0.3, -0.25) is 0 Å². The van der Waals surface area contributed by atoms with Crippen LogP contribution in [-0.4, -0.2) is 28.4 Å². The molecule has 0 N–H and O–H groups in total. The van der Waals surface area contributed by atoms with Crippen molar-refractivity contribution in [3.05, 3.63) is 57.7 Å². The Kier molecular flexibility index (Phi) is 7.50. The number of benzene rings is 2. The van der Waals surface area contributed by atoms with E-state index >= 15 is 0 Å². The zero-order valence-electron chi connectivity index (χ0n) is 17.9. The minimum Gasteiger partial charge on any atom is -1.00 e. The fraction of sp³-hybridized carbons (Fsp3) is 0.333. The van der Waals surface area contributed by atoms with Gasteiger partial charge in [0, 0.05) is 0 Å². The molecule has 0 radical (unpaired) electrons. The minimum atomic E-state index is -1.24. The summed E-state index contributed by atoms with van der Waals surface area (Å²) in [5, 5.41) is 0. The number of methoxy groups -OCH3 is 4. The van der Waals surface area contributed by atoms with Crippen LogP contribution in [0.1, 0.15) is 42.4 Å².